The number of carbonyl (C=O) groups excluding carboxylic acids is 1. The highest BCUT2D eigenvalue weighted by atomic mass is 16.2. The van der Waals surface area contributed by atoms with Crippen LogP contribution < -0.4 is 16.0 Å². The van der Waals surface area contributed by atoms with Crippen LogP contribution in [0.1, 0.15) is 38.3 Å². The zero-order valence-corrected chi connectivity index (χ0v) is 21.9. The number of amides is 2. The summed E-state index contributed by atoms with van der Waals surface area (Å²) in [6, 6.07) is 2.24. The van der Waals surface area contributed by atoms with Gasteiger partial charge in [-0.05, 0) is 45.1 Å². The van der Waals surface area contributed by atoms with Crippen LogP contribution in [0, 0.1) is 11.3 Å². The number of nitrogens with two attached hydrogens (primary N) is 1. The number of nitrogens with one attached hydrogen (secondary N) is 1. The highest BCUT2D eigenvalue weighted by Gasteiger charge is 2.41. The standard InChI is InChI=1S/C21H24N8O.C6H11N/c1-4-5-13(2)6-7-14-11-24-29-18(23)15(10-22)20(26-19(14)29)28-9-8-16-17(12-28)27(3)21(30)25-16;1-3-5-6-7-4-2/h4-7,11,16-17H,2,8-9,12,23H2,1,3H3,(H,25,30);3-5H,6H2,1-2H3/b5-4-,7-6+;5-3-,7-4?/t16-,17+;/m0./s1. The number of likely N-dealkylation sites (N-methyl/N-ethyl adjacent to an activating group) is 1. The molecule has 0 aliphatic carbocycles. The van der Waals surface area contributed by atoms with Crippen molar-refractivity contribution in [2.24, 2.45) is 4.99 Å². The molecule has 2 aliphatic heterocycles. The number of urea groups is 1. The van der Waals surface area contributed by atoms with Crippen LogP contribution in [0.4, 0.5) is 16.4 Å². The second-order valence-electron chi connectivity index (χ2n) is 8.71. The predicted molar refractivity (Wildman–Crippen MR) is 150 cm³/mol. The molecule has 2 saturated heterocycles. The highest BCUT2D eigenvalue weighted by Crippen LogP contribution is 2.30. The molecule has 3 N–H and O–H groups in total. The zero-order chi connectivity index (χ0) is 26.9. The van der Waals surface area contributed by atoms with Crippen LogP contribution in [-0.2, 0) is 0 Å². The van der Waals surface area contributed by atoms with Crippen LogP contribution in [0.2, 0.25) is 0 Å². The van der Waals surface area contributed by atoms with Crippen molar-refractivity contribution in [1.82, 2.24) is 24.8 Å². The summed E-state index contributed by atoms with van der Waals surface area (Å²) in [4.78, 5) is 24.5. The van der Waals surface area contributed by atoms with E-state index >= 15 is 0 Å². The van der Waals surface area contributed by atoms with E-state index in [9.17, 15) is 10.1 Å². The van der Waals surface area contributed by atoms with Crippen molar-refractivity contribution in [2.75, 3.05) is 37.3 Å². The Morgan fingerprint density at radius 1 is 1.35 bits per heavy atom. The molecule has 0 saturated carbocycles. The molecule has 0 spiro atoms. The lowest BCUT2D eigenvalue weighted by atomic mass is 10.00. The van der Waals surface area contributed by atoms with Gasteiger partial charge in [0, 0.05) is 25.7 Å². The summed E-state index contributed by atoms with van der Waals surface area (Å²) in [5, 5.41) is 17.1. The smallest absolute Gasteiger partial charge is 0.317 e. The Morgan fingerprint density at radius 2 is 2.14 bits per heavy atom. The van der Waals surface area contributed by atoms with Gasteiger partial charge >= 0.3 is 6.03 Å². The molecule has 0 bridgehead atoms. The SMILES string of the molecule is C=C(/C=C\C)/C=C/c1cnn2c(N)c(C#N)c(N3CC[C@@H]4NC(=O)N(C)[C@@H]4C3)nc12.CC=NC/C=C\C. The zero-order valence-electron chi connectivity index (χ0n) is 21.9. The summed E-state index contributed by atoms with van der Waals surface area (Å²) >= 11 is 0. The summed E-state index contributed by atoms with van der Waals surface area (Å²) in [5.74, 6) is 0.775. The Kier molecular flexibility index (Phi) is 9.21. The molecule has 2 amide bonds. The first-order chi connectivity index (χ1) is 17.9. The molecule has 2 aliphatic rings. The van der Waals surface area contributed by atoms with Gasteiger partial charge in [-0.15, -0.1) is 0 Å². The Labute approximate surface area is 218 Å². The topological polar surface area (TPSA) is 128 Å². The van der Waals surface area contributed by atoms with Crippen molar-refractivity contribution >= 4 is 35.6 Å². The molecule has 4 heterocycles. The molecule has 10 nitrogen and oxygen atoms in total. The Hall–Kier alpha value is -4.39. The Bertz CT molecular complexity index is 1290. The van der Waals surface area contributed by atoms with E-state index in [1.165, 1.54) is 4.52 Å². The number of carbonyl (C=O) groups is 1. The monoisotopic (exact) mass is 501 g/mol. The van der Waals surface area contributed by atoms with E-state index < -0.39 is 0 Å². The summed E-state index contributed by atoms with van der Waals surface area (Å²) < 4.78 is 1.49. The first-order valence-corrected chi connectivity index (χ1v) is 12.3. The van der Waals surface area contributed by atoms with E-state index in [0.717, 1.165) is 24.1 Å². The summed E-state index contributed by atoms with van der Waals surface area (Å²) in [6.45, 7) is 11.9. The molecule has 194 valence electrons. The third-order valence-electron chi connectivity index (χ3n) is 6.30. The number of allylic oxidation sites excluding steroid dienone is 5. The van der Waals surface area contributed by atoms with E-state index in [4.69, 9.17) is 10.7 Å². The first kappa shape index (κ1) is 27.2. The molecule has 0 unspecified atom stereocenters. The maximum absolute atomic E-state index is 12.0. The number of hydrogen-bond acceptors (Lipinski definition) is 7. The third kappa shape index (κ3) is 6.06. The predicted octanol–water partition coefficient (Wildman–Crippen LogP) is 3.58. The lowest BCUT2D eigenvalue weighted by molar-refractivity contribution is 0.214. The van der Waals surface area contributed by atoms with Crippen LogP contribution in [0.25, 0.3) is 11.7 Å². The number of nitrogens with zero attached hydrogens (tertiary/aromatic N) is 7. The van der Waals surface area contributed by atoms with Crippen LogP contribution >= 0.6 is 0 Å². The average Bonchev–Trinajstić information content (AvgIpc) is 3.43. The number of aromatic nitrogens is 3. The van der Waals surface area contributed by atoms with Gasteiger partial charge in [0.25, 0.3) is 0 Å². The van der Waals surface area contributed by atoms with Gasteiger partial charge in [0.05, 0.1) is 24.8 Å². The quantitative estimate of drug-likeness (QED) is 0.354. The first-order valence-electron chi connectivity index (χ1n) is 12.3. The molecule has 37 heavy (non-hydrogen) atoms. The van der Waals surface area contributed by atoms with Crippen molar-refractivity contribution in [2.45, 2.75) is 39.3 Å². The number of anilines is 2. The van der Waals surface area contributed by atoms with Crippen molar-refractivity contribution in [1.29, 1.82) is 5.26 Å². The molecule has 2 aromatic rings. The molecule has 2 aromatic heterocycles. The second kappa shape index (κ2) is 12.5. The van der Waals surface area contributed by atoms with Gasteiger partial charge in [-0.3, -0.25) is 4.99 Å². The van der Waals surface area contributed by atoms with Crippen LogP contribution in [0.3, 0.4) is 0 Å². The normalized spacial score (nSPS) is 19.6. The van der Waals surface area contributed by atoms with E-state index in [1.54, 1.807) is 24.4 Å². The molecular weight excluding hydrogens is 466 g/mol. The van der Waals surface area contributed by atoms with Gasteiger partial charge < -0.3 is 20.9 Å². The van der Waals surface area contributed by atoms with E-state index in [2.05, 4.69) is 28.1 Å². The van der Waals surface area contributed by atoms with Crippen LogP contribution in [0.5, 0.6) is 0 Å². The molecule has 4 rings (SSSR count). The number of rotatable bonds is 6. The average molecular weight is 502 g/mol. The highest BCUT2D eigenvalue weighted by molar-refractivity contribution is 5.78. The molecule has 0 radical (unpaired) electrons. The van der Waals surface area contributed by atoms with Gasteiger partial charge in [0.1, 0.15) is 17.5 Å². The van der Waals surface area contributed by atoms with Crippen LogP contribution in [0.15, 0.2) is 53.7 Å². The maximum atomic E-state index is 12.0. The Balaban J connectivity index is 0.000000479. The molecule has 0 aromatic carbocycles. The number of fused-ring (bicyclic) bond motifs is 2. The summed E-state index contributed by atoms with van der Waals surface area (Å²) in [7, 11) is 1.79. The third-order valence-corrected chi connectivity index (χ3v) is 6.30. The number of nitrogen functional groups attached to an aromatic ring is 1. The fraction of sp³-hybridized carbons (Fsp3) is 0.370. The number of nitriles is 1. The van der Waals surface area contributed by atoms with Gasteiger partial charge in [0.15, 0.2) is 11.5 Å². The minimum atomic E-state index is -0.0696. The van der Waals surface area contributed by atoms with Crippen molar-refractivity contribution in [3.63, 3.8) is 0 Å². The molecular formula is C27H35N9O. The van der Waals surface area contributed by atoms with E-state index in [-0.39, 0.29) is 29.5 Å². The van der Waals surface area contributed by atoms with Gasteiger partial charge in [0.2, 0.25) is 0 Å². The molecule has 2 atom stereocenters. The maximum Gasteiger partial charge on any atom is 0.317 e. The van der Waals surface area contributed by atoms with Crippen molar-refractivity contribution < 1.29 is 4.79 Å². The minimum Gasteiger partial charge on any atom is -0.382 e. The number of hydrogen-bond donors (Lipinski definition) is 2. The fourth-order valence-electron chi connectivity index (χ4n) is 4.31. The van der Waals surface area contributed by atoms with Crippen molar-refractivity contribution in [3.8, 4) is 6.07 Å². The lowest BCUT2D eigenvalue weighted by Crippen LogP contribution is -2.51. The van der Waals surface area contributed by atoms with Gasteiger partial charge in [-0.2, -0.15) is 14.9 Å². The fourth-order valence-corrected chi connectivity index (χ4v) is 4.31. The summed E-state index contributed by atoms with van der Waals surface area (Å²) in [5.41, 5.74) is 8.78. The van der Waals surface area contributed by atoms with Crippen LogP contribution in [-0.4, -0.2) is 70.5 Å². The van der Waals surface area contributed by atoms with Crippen molar-refractivity contribution in [3.05, 3.63) is 59.9 Å². The summed E-state index contributed by atoms with van der Waals surface area (Å²) in [6.07, 6.45) is 15.8. The molecule has 10 heteroatoms. The Morgan fingerprint density at radius 3 is 2.81 bits per heavy atom. The minimum absolute atomic E-state index is 0.0190. The largest absolute Gasteiger partial charge is 0.382 e. The second-order valence-corrected chi connectivity index (χ2v) is 8.71. The van der Waals surface area contributed by atoms with Gasteiger partial charge in [-0.1, -0.05) is 37.0 Å². The van der Waals surface area contributed by atoms with E-state index in [0.29, 0.717) is 24.6 Å². The lowest BCUT2D eigenvalue weighted by Gasteiger charge is -2.37. The number of aliphatic imine (C=N–C) groups is 1. The van der Waals surface area contributed by atoms with Gasteiger partial charge in [-0.25, -0.2) is 9.78 Å². The number of piperidine rings is 1. The van der Waals surface area contributed by atoms with E-state index in [1.807, 2.05) is 62.1 Å². The molecule has 2 fully saturated rings.